The predicted octanol–water partition coefficient (Wildman–Crippen LogP) is 4.23. The summed E-state index contributed by atoms with van der Waals surface area (Å²) in [7, 11) is 0. The maximum Gasteiger partial charge on any atom is 0.186 e. The molecule has 21 heavy (non-hydrogen) atoms. The summed E-state index contributed by atoms with van der Waals surface area (Å²) in [5, 5.41) is 4.76. The Morgan fingerprint density at radius 2 is 2.10 bits per heavy atom. The Balaban J connectivity index is 2.07. The molecule has 1 unspecified atom stereocenters. The van der Waals surface area contributed by atoms with Gasteiger partial charge in [-0.05, 0) is 59.1 Å². The lowest BCUT2D eigenvalue weighted by molar-refractivity contribution is 0.576. The minimum absolute atomic E-state index is 0.435. The van der Waals surface area contributed by atoms with E-state index in [1.54, 1.807) is 0 Å². The van der Waals surface area contributed by atoms with Crippen LogP contribution in [-0.2, 0) is 0 Å². The fourth-order valence-corrected chi connectivity index (χ4v) is 3.73. The Labute approximate surface area is 133 Å². The minimum atomic E-state index is 0.435. The van der Waals surface area contributed by atoms with Gasteiger partial charge >= 0.3 is 0 Å². The molecular weight excluding hydrogens is 278 g/mol. The van der Waals surface area contributed by atoms with Crippen molar-refractivity contribution in [1.82, 2.24) is 10.3 Å². The third-order valence-corrected chi connectivity index (χ3v) is 5.36. The zero-order valence-electron chi connectivity index (χ0n) is 13.9. The van der Waals surface area contributed by atoms with Crippen LogP contribution < -0.4 is 10.2 Å². The Morgan fingerprint density at radius 1 is 1.38 bits per heavy atom. The molecule has 1 aliphatic rings. The summed E-state index contributed by atoms with van der Waals surface area (Å²) in [6.45, 7) is 12.2. The summed E-state index contributed by atoms with van der Waals surface area (Å²) in [6.07, 6.45) is 7.47. The first kappa shape index (κ1) is 16.5. The van der Waals surface area contributed by atoms with Crippen molar-refractivity contribution in [3.63, 3.8) is 0 Å². The van der Waals surface area contributed by atoms with E-state index in [4.69, 9.17) is 4.98 Å². The second-order valence-electron chi connectivity index (χ2n) is 6.06. The Hall–Kier alpha value is -0.870. The molecule has 1 atom stereocenters. The van der Waals surface area contributed by atoms with Crippen LogP contribution in [0, 0.1) is 6.92 Å². The highest BCUT2D eigenvalue weighted by Gasteiger charge is 2.16. The molecule has 0 radical (unpaired) electrons. The zero-order valence-corrected chi connectivity index (χ0v) is 14.7. The molecule has 3 nitrogen and oxygen atoms in total. The van der Waals surface area contributed by atoms with Gasteiger partial charge in [0.2, 0.25) is 0 Å². The van der Waals surface area contributed by atoms with Crippen molar-refractivity contribution in [1.29, 1.82) is 0 Å². The predicted molar refractivity (Wildman–Crippen MR) is 94.3 cm³/mol. The number of hydrogen-bond donors (Lipinski definition) is 1. The van der Waals surface area contributed by atoms with Crippen LogP contribution in [0.5, 0.6) is 0 Å². The van der Waals surface area contributed by atoms with Crippen molar-refractivity contribution in [3.05, 3.63) is 16.1 Å². The normalized spacial score (nSPS) is 18.1. The van der Waals surface area contributed by atoms with E-state index >= 15 is 0 Å². The highest BCUT2D eigenvalue weighted by Crippen LogP contribution is 2.30. The molecule has 1 fully saturated rings. The number of hydrogen-bond acceptors (Lipinski definition) is 4. The van der Waals surface area contributed by atoms with Crippen molar-refractivity contribution < 1.29 is 0 Å². The summed E-state index contributed by atoms with van der Waals surface area (Å²) < 4.78 is 0. The van der Waals surface area contributed by atoms with Crippen molar-refractivity contribution in [2.24, 2.45) is 0 Å². The first-order chi connectivity index (χ1) is 10.1. The fraction of sp³-hybridized carbons (Fsp3) is 0.706. The summed E-state index contributed by atoms with van der Waals surface area (Å²) in [5.41, 5.74) is 2.56. The molecule has 1 aliphatic heterocycles. The summed E-state index contributed by atoms with van der Waals surface area (Å²) >= 11 is 1.85. The van der Waals surface area contributed by atoms with Crippen LogP contribution in [-0.4, -0.2) is 30.7 Å². The van der Waals surface area contributed by atoms with Gasteiger partial charge in [0.1, 0.15) is 0 Å². The molecule has 118 valence electrons. The zero-order chi connectivity index (χ0) is 15.2. The lowest BCUT2D eigenvalue weighted by Crippen LogP contribution is -2.29. The number of rotatable bonds is 6. The van der Waals surface area contributed by atoms with Crippen LogP contribution in [0.25, 0.3) is 6.08 Å². The maximum atomic E-state index is 4.79. The van der Waals surface area contributed by atoms with Gasteiger partial charge in [0.15, 0.2) is 5.13 Å². The molecular formula is C17H29N3S. The van der Waals surface area contributed by atoms with Gasteiger partial charge < -0.3 is 10.2 Å². The van der Waals surface area contributed by atoms with E-state index in [2.05, 4.69) is 44.0 Å². The summed E-state index contributed by atoms with van der Waals surface area (Å²) in [5.74, 6) is 0. The van der Waals surface area contributed by atoms with E-state index in [1.165, 1.54) is 60.0 Å². The molecule has 0 amide bonds. The number of nitrogens with one attached hydrogen (secondary N) is 1. The van der Waals surface area contributed by atoms with Crippen LogP contribution in [0.3, 0.4) is 0 Å². The SMILES string of the molecule is CCCNC(C)C(C)=Cc1sc(N2CCCCC2)nc1C. The number of nitrogens with zero attached hydrogens (tertiary/aromatic N) is 2. The third kappa shape index (κ3) is 4.55. The van der Waals surface area contributed by atoms with E-state index in [1.807, 2.05) is 11.3 Å². The average Bonchev–Trinajstić information content (AvgIpc) is 2.86. The van der Waals surface area contributed by atoms with Crippen molar-refractivity contribution in [2.45, 2.75) is 59.4 Å². The van der Waals surface area contributed by atoms with Gasteiger partial charge in [0, 0.05) is 19.1 Å². The van der Waals surface area contributed by atoms with E-state index in [0.717, 1.165) is 6.54 Å². The molecule has 0 saturated carbocycles. The van der Waals surface area contributed by atoms with Crippen molar-refractivity contribution in [3.8, 4) is 0 Å². The van der Waals surface area contributed by atoms with Gasteiger partial charge in [-0.1, -0.05) is 23.8 Å². The van der Waals surface area contributed by atoms with Crippen LogP contribution in [0.15, 0.2) is 5.57 Å². The molecule has 2 heterocycles. The van der Waals surface area contributed by atoms with E-state index < -0.39 is 0 Å². The summed E-state index contributed by atoms with van der Waals surface area (Å²) in [4.78, 5) is 8.56. The van der Waals surface area contributed by atoms with Gasteiger partial charge in [-0.2, -0.15) is 0 Å². The molecule has 0 aliphatic carbocycles. The molecule has 2 rings (SSSR count). The minimum Gasteiger partial charge on any atom is -0.348 e. The maximum absolute atomic E-state index is 4.79. The number of anilines is 1. The van der Waals surface area contributed by atoms with Gasteiger partial charge in [-0.15, -0.1) is 0 Å². The fourth-order valence-electron chi connectivity index (χ4n) is 2.60. The molecule has 1 saturated heterocycles. The number of piperidine rings is 1. The molecule has 1 N–H and O–H groups in total. The van der Waals surface area contributed by atoms with Crippen molar-refractivity contribution in [2.75, 3.05) is 24.5 Å². The van der Waals surface area contributed by atoms with Gasteiger partial charge in [0.05, 0.1) is 10.6 Å². The van der Waals surface area contributed by atoms with Gasteiger partial charge in [-0.25, -0.2) is 4.98 Å². The smallest absolute Gasteiger partial charge is 0.186 e. The molecule has 1 aromatic rings. The highest BCUT2D eigenvalue weighted by molar-refractivity contribution is 7.16. The molecule has 1 aromatic heterocycles. The Morgan fingerprint density at radius 3 is 2.76 bits per heavy atom. The quantitative estimate of drug-likeness (QED) is 0.852. The van der Waals surface area contributed by atoms with Crippen LogP contribution in [0.2, 0.25) is 0 Å². The van der Waals surface area contributed by atoms with Gasteiger partial charge in [-0.3, -0.25) is 0 Å². The Bertz CT molecular complexity index is 472. The first-order valence-corrected chi connectivity index (χ1v) is 9.07. The highest BCUT2D eigenvalue weighted by atomic mass is 32.1. The number of aryl methyl sites for hydroxylation is 1. The second-order valence-corrected chi connectivity index (χ2v) is 7.07. The van der Waals surface area contributed by atoms with E-state index in [9.17, 15) is 0 Å². The third-order valence-electron chi connectivity index (χ3n) is 4.19. The van der Waals surface area contributed by atoms with Crippen molar-refractivity contribution >= 4 is 22.5 Å². The number of thiazole rings is 1. The largest absolute Gasteiger partial charge is 0.348 e. The lowest BCUT2D eigenvalue weighted by Gasteiger charge is -2.25. The Kier molecular flexibility index (Phi) is 6.24. The standard InChI is InChI=1S/C17H29N3S/c1-5-9-18-14(3)13(2)12-16-15(4)19-17(21-16)20-10-7-6-8-11-20/h12,14,18H,5-11H2,1-4H3. The first-order valence-electron chi connectivity index (χ1n) is 8.25. The van der Waals surface area contributed by atoms with Crippen LogP contribution in [0.1, 0.15) is 57.0 Å². The number of aromatic nitrogens is 1. The molecule has 4 heteroatoms. The van der Waals surface area contributed by atoms with Crippen LogP contribution >= 0.6 is 11.3 Å². The topological polar surface area (TPSA) is 28.2 Å². The monoisotopic (exact) mass is 307 g/mol. The second kappa shape index (κ2) is 7.95. The summed E-state index contributed by atoms with van der Waals surface area (Å²) in [6, 6.07) is 0.435. The van der Waals surface area contributed by atoms with Gasteiger partial charge in [0.25, 0.3) is 0 Å². The van der Waals surface area contributed by atoms with E-state index in [-0.39, 0.29) is 0 Å². The molecule has 0 spiro atoms. The van der Waals surface area contributed by atoms with Crippen LogP contribution in [0.4, 0.5) is 5.13 Å². The molecule has 0 aromatic carbocycles. The van der Waals surface area contributed by atoms with E-state index in [0.29, 0.717) is 6.04 Å². The lowest BCUT2D eigenvalue weighted by atomic mass is 10.1. The average molecular weight is 308 g/mol. The molecule has 0 bridgehead atoms.